The van der Waals surface area contributed by atoms with Crippen molar-refractivity contribution in [3.8, 4) is 0 Å². The van der Waals surface area contributed by atoms with Gasteiger partial charge >= 0.3 is 0 Å². The number of hydrogen-bond acceptors (Lipinski definition) is 6. The summed E-state index contributed by atoms with van der Waals surface area (Å²) in [6.07, 6.45) is 1.97. The van der Waals surface area contributed by atoms with Gasteiger partial charge in [-0.3, -0.25) is 0 Å². The molecule has 2 aromatic rings. The highest BCUT2D eigenvalue weighted by atomic mass is 32.2. The van der Waals surface area contributed by atoms with Crippen molar-refractivity contribution in [1.82, 2.24) is 9.97 Å². The highest BCUT2D eigenvalue weighted by Gasteiger charge is 2.04. The van der Waals surface area contributed by atoms with E-state index in [9.17, 15) is 0 Å². The summed E-state index contributed by atoms with van der Waals surface area (Å²) in [6, 6.07) is 10.2. The molecule has 0 aliphatic heterocycles. The first-order valence-electron chi connectivity index (χ1n) is 6.83. The first-order chi connectivity index (χ1) is 10.1. The van der Waals surface area contributed by atoms with Crippen LogP contribution in [0.15, 0.2) is 35.5 Å². The standard InChI is InChI=1S/C15H21N5S/c1-5-16-13-10-14(19-15(18-13)21-4)17-11-6-8-12(9-7-11)20(2)3/h6-10H,5H2,1-4H3,(H2,16,17,18,19). The van der Waals surface area contributed by atoms with Gasteiger partial charge in [0, 0.05) is 38.1 Å². The van der Waals surface area contributed by atoms with E-state index in [1.807, 2.05) is 45.5 Å². The maximum atomic E-state index is 4.48. The Kier molecular flexibility index (Phi) is 5.27. The number of nitrogens with zero attached hydrogens (tertiary/aromatic N) is 3. The minimum atomic E-state index is 0.751. The minimum absolute atomic E-state index is 0.751. The lowest BCUT2D eigenvalue weighted by atomic mass is 10.2. The van der Waals surface area contributed by atoms with E-state index in [1.165, 1.54) is 17.4 Å². The van der Waals surface area contributed by atoms with Crippen LogP contribution in [0.2, 0.25) is 0 Å². The number of hydrogen-bond donors (Lipinski definition) is 2. The number of nitrogens with one attached hydrogen (secondary N) is 2. The summed E-state index contributed by atoms with van der Waals surface area (Å²) >= 11 is 1.53. The van der Waals surface area contributed by atoms with E-state index < -0.39 is 0 Å². The molecule has 0 fully saturated rings. The van der Waals surface area contributed by atoms with E-state index >= 15 is 0 Å². The maximum absolute atomic E-state index is 4.48. The molecule has 0 amide bonds. The molecular weight excluding hydrogens is 282 g/mol. The van der Waals surface area contributed by atoms with Crippen molar-refractivity contribution >= 4 is 34.8 Å². The molecule has 2 rings (SSSR count). The van der Waals surface area contributed by atoms with Crippen molar-refractivity contribution in [3.63, 3.8) is 0 Å². The fourth-order valence-electron chi connectivity index (χ4n) is 1.84. The van der Waals surface area contributed by atoms with Gasteiger partial charge in [-0.2, -0.15) is 0 Å². The molecule has 112 valence electrons. The molecule has 0 saturated heterocycles. The largest absolute Gasteiger partial charge is 0.378 e. The molecule has 6 heteroatoms. The second-order valence-electron chi connectivity index (χ2n) is 4.72. The van der Waals surface area contributed by atoms with Gasteiger partial charge in [-0.05, 0) is 37.4 Å². The van der Waals surface area contributed by atoms with Gasteiger partial charge in [-0.25, -0.2) is 9.97 Å². The van der Waals surface area contributed by atoms with Gasteiger partial charge in [-0.1, -0.05) is 11.8 Å². The highest BCUT2D eigenvalue weighted by Crippen LogP contribution is 2.22. The summed E-state index contributed by atoms with van der Waals surface area (Å²) in [6.45, 7) is 2.88. The Labute approximate surface area is 130 Å². The number of rotatable bonds is 6. The van der Waals surface area contributed by atoms with Crippen molar-refractivity contribution < 1.29 is 0 Å². The van der Waals surface area contributed by atoms with E-state index in [0.717, 1.165) is 29.0 Å². The molecule has 1 heterocycles. The Hall–Kier alpha value is -1.95. The molecule has 0 spiro atoms. The zero-order valence-electron chi connectivity index (χ0n) is 12.8. The zero-order valence-corrected chi connectivity index (χ0v) is 13.7. The lowest BCUT2D eigenvalue weighted by molar-refractivity contribution is 0.967. The number of anilines is 4. The Morgan fingerprint density at radius 3 is 2.33 bits per heavy atom. The maximum Gasteiger partial charge on any atom is 0.191 e. The number of benzene rings is 1. The quantitative estimate of drug-likeness (QED) is 0.630. The molecule has 0 saturated carbocycles. The van der Waals surface area contributed by atoms with Gasteiger partial charge in [0.25, 0.3) is 0 Å². The number of thioether (sulfide) groups is 1. The molecule has 0 atom stereocenters. The third-order valence-electron chi connectivity index (χ3n) is 2.90. The van der Waals surface area contributed by atoms with Crippen molar-refractivity contribution in [2.45, 2.75) is 12.1 Å². The van der Waals surface area contributed by atoms with Crippen LogP contribution in [0.1, 0.15) is 6.92 Å². The third kappa shape index (κ3) is 4.26. The second kappa shape index (κ2) is 7.17. The first-order valence-corrected chi connectivity index (χ1v) is 8.06. The molecule has 1 aromatic carbocycles. The molecule has 21 heavy (non-hydrogen) atoms. The predicted octanol–water partition coefficient (Wildman–Crippen LogP) is 3.44. The summed E-state index contributed by atoms with van der Waals surface area (Å²) in [4.78, 5) is 11.0. The highest BCUT2D eigenvalue weighted by molar-refractivity contribution is 7.98. The third-order valence-corrected chi connectivity index (χ3v) is 3.45. The van der Waals surface area contributed by atoms with Gasteiger partial charge in [-0.15, -0.1) is 0 Å². The van der Waals surface area contributed by atoms with E-state index in [0.29, 0.717) is 0 Å². The van der Waals surface area contributed by atoms with Gasteiger partial charge in [0.2, 0.25) is 0 Å². The molecule has 0 unspecified atom stereocenters. The van der Waals surface area contributed by atoms with Crippen molar-refractivity contribution in [2.24, 2.45) is 0 Å². The van der Waals surface area contributed by atoms with E-state index in [4.69, 9.17) is 0 Å². The Morgan fingerprint density at radius 1 is 1.10 bits per heavy atom. The first kappa shape index (κ1) is 15.4. The summed E-state index contributed by atoms with van der Waals surface area (Å²) in [5.41, 5.74) is 2.18. The minimum Gasteiger partial charge on any atom is -0.378 e. The van der Waals surface area contributed by atoms with Crippen LogP contribution in [0.25, 0.3) is 0 Å². The van der Waals surface area contributed by atoms with Gasteiger partial charge < -0.3 is 15.5 Å². The van der Waals surface area contributed by atoms with Gasteiger partial charge in [0.05, 0.1) is 0 Å². The van der Waals surface area contributed by atoms with Crippen LogP contribution in [-0.4, -0.2) is 36.9 Å². The Bertz CT molecular complexity index is 583. The monoisotopic (exact) mass is 303 g/mol. The lowest BCUT2D eigenvalue weighted by Gasteiger charge is -2.13. The molecule has 1 aromatic heterocycles. The van der Waals surface area contributed by atoms with Crippen LogP contribution in [0.4, 0.5) is 23.0 Å². The smallest absolute Gasteiger partial charge is 0.191 e. The fraction of sp³-hybridized carbons (Fsp3) is 0.333. The van der Waals surface area contributed by atoms with Gasteiger partial charge in [0.1, 0.15) is 11.6 Å². The Morgan fingerprint density at radius 2 is 1.76 bits per heavy atom. The van der Waals surface area contributed by atoms with E-state index in [2.05, 4.69) is 37.6 Å². The average molecular weight is 303 g/mol. The van der Waals surface area contributed by atoms with Crippen LogP contribution in [0, 0.1) is 0 Å². The van der Waals surface area contributed by atoms with Crippen molar-refractivity contribution in [3.05, 3.63) is 30.3 Å². The summed E-state index contributed by atoms with van der Waals surface area (Å²) in [7, 11) is 4.06. The van der Waals surface area contributed by atoms with Crippen molar-refractivity contribution in [1.29, 1.82) is 0 Å². The predicted molar refractivity (Wildman–Crippen MR) is 92.0 cm³/mol. The molecular formula is C15H21N5S. The van der Waals surface area contributed by atoms with Crippen LogP contribution >= 0.6 is 11.8 Å². The summed E-state index contributed by atoms with van der Waals surface area (Å²) in [5, 5.41) is 7.29. The molecule has 0 aliphatic rings. The summed E-state index contributed by atoms with van der Waals surface area (Å²) < 4.78 is 0. The topological polar surface area (TPSA) is 53.1 Å². The van der Waals surface area contributed by atoms with E-state index in [-0.39, 0.29) is 0 Å². The lowest BCUT2D eigenvalue weighted by Crippen LogP contribution is -2.08. The molecule has 2 N–H and O–H groups in total. The molecule has 0 radical (unpaired) electrons. The molecule has 0 aliphatic carbocycles. The van der Waals surface area contributed by atoms with Crippen LogP contribution in [0.5, 0.6) is 0 Å². The zero-order chi connectivity index (χ0) is 15.2. The average Bonchev–Trinajstić information content (AvgIpc) is 2.48. The second-order valence-corrected chi connectivity index (χ2v) is 5.50. The van der Waals surface area contributed by atoms with Crippen LogP contribution < -0.4 is 15.5 Å². The SMILES string of the molecule is CCNc1cc(Nc2ccc(N(C)C)cc2)nc(SC)n1. The van der Waals surface area contributed by atoms with Crippen molar-refractivity contribution in [2.75, 3.05) is 42.4 Å². The Balaban J connectivity index is 2.19. The molecule has 5 nitrogen and oxygen atoms in total. The number of aromatic nitrogens is 2. The van der Waals surface area contributed by atoms with Gasteiger partial charge in [0.15, 0.2) is 5.16 Å². The van der Waals surface area contributed by atoms with E-state index in [1.54, 1.807) is 0 Å². The van der Waals surface area contributed by atoms with Crippen LogP contribution in [-0.2, 0) is 0 Å². The molecule has 0 bridgehead atoms. The normalized spacial score (nSPS) is 10.3. The summed E-state index contributed by atoms with van der Waals surface area (Å²) in [5.74, 6) is 1.63. The van der Waals surface area contributed by atoms with Crippen LogP contribution in [0.3, 0.4) is 0 Å². The fourth-order valence-corrected chi connectivity index (χ4v) is 2.22.